The number of halogens is 1. The predicted octanol–water partition coefficient (Wildman–Crippen LogP) is 1.96. The van der Waals surface area contributed by atoms with E-state index in [0.29, 0.717) is 4.47 Å². The Morgan fingerprint density at radius 3 is 2.30 bits per heavy atom. The SMILES string of the molecule is NS(=O)(=O)c1ccccc1NS(=O)(=O)c1sccc1Br. The molecule has 6 nitrogen and oxygen atoms in total. The van der Waals surface area contributed by atoms with E-state index in [0.717, 1.165) is 11.3 Å². The standard InChI is InChI=1S/C10H9BrN2O4S3/c11-7-5-6-18-10(7)20(16,17)13-8-3-1-2-4-9(8)19(12,14)15/h1-6,13H,(H2,12,14,15). The molecular weight excluding hydrogens is 388 g/mol. The van der Waals surface area contributed by atoms with E-state index in [4.69, 9.17) is 5.14 Å². The van der Waals surface area contributed by atoms with Crippen LogP contribution in [0.2, 0.25) is 0 Å². The first kappa shape index (κ1) is 15.4. The molecule has 0 saturated heterocycles. The summed E-state index contributed by atoms with van der Waals surface area (Å²) in [7, 11) is -7.90. The van der Waals surface area contributed by atoms with Gasteiger partial charge in [-0.1, -0.05) is 12.1 Å². The molecule has 1 aromatic heterocycles. The number of rotatable bonds is 4. The quantitative estimate of drug-likeness (QED) is 0.823. The molecule has 20 heavy (non-hydrogen) atoms. The first-order valence-electron chi connectivity index (χ1n) is 5.09. The average molecular weight is 397 g/mol. The summed E-state index contributed by atoms with van der Waals surface area (Å²) in [5.41, 5.74) is -0.0877. The van der Waals surface area contributed by atoms with Crippen LogP contribution in [-0.4, -0.2) is 16.8 Å². The van der Waals surface area contributed by atoms with Crippen LogP contribution in [0.3, 0.4) is 0 Å². The largest absolute Gasteiger partial charge is 0.278 e. The van der Waals surface area contributed by atoms with Gasteiger partial charge >= 0.3 is 0 Å². The summed E-state index contributed by atoms with van der Waals surface area (Å²) >= 11 is 4.13. The average Bonchev–Trinajstić information content (AvgIpc) is 2.75. The van der Waals surface area contributed by atoms with E-state index >= 15 is 0 Å². The number of thiophene rings is 1. The number of hydrogen-bond donors (Lipinski definition) is 2. The Morgan fingerprint density at radius 1 is 1.10 bits per heavy atom. The zero-order valence-electron chi connectivity index (χ0n) is 9.78. The maximum Gasteiger partial charge on any atom is 0.272 e. The van der Waals surface area contributed by atoms with Crippen LogP contribution in [0.1, 0.15) is 0 Å². The second kappa shape index (κ2) is 5.45. The van der Waals surface area contributed by atoms with Crippen LogP contribution >= 0.6 is 27.3 Å². The van der Waals surface area contributed by atoms with E-state index in [1.807, 2.05) is 0 Å². The highest BCUT2D eigenvalue weighted by molar-refractivity contribution is 9.10. The Kier molecular flexibility index (Phi) is 4.21. The van der Waals surface area contributed by atoms with Crippen molar-refractivity contribution in [2.75, 3.05) is 4.72 Å². The second-order valence-electron chi connectivity index (χ2n) is 3.70. The van der Waals surface area contributed by atoms with Crippen molar-refractivity contribution in [2.24, 2.45) is 5.14 Å². The van der Waals surface area contributed by atoms with Crippen molar-refractivity contribution < 1.29 is 16.8 Å². The number of anilines is 1. The first-order chi connectivity index (χ1) is 9.22. The van der Waals surface area contributed by atoms with Gasteiger partial charge in [-0.25, -0.2) is 22.0 Å². The third kappa shape index (κ3) is 3.20. The van der Waals surface area contributed by atoms with Crippen LogP contribution in [0.5, 0.6) is 0 Å². The molecule has 108 valence electrons. The molecule has 0 fully saturated rings. The summed E-state index contributed by atoms with van der Waals surface area (Å²) in [5, 5.41) is 6.66. The van der Waals surface area contributed by atoms with E-state index in [2.05, 4.69) is 20.7 Å². The molecule has 1 heterocycles. The van der Waals surface area contributed by atoms with Crippen molar-refractivity contribution in [2.45, 2.75) is 9.10 Å². The molecule has 2 aromatic rings. The molecule has 0 amide bonds. The number of nitrogens with two attached hydrogens (primary N) is 1. The molecule has 10 heteroatoms. The van der Waals surface area contributed by atoms with Crippen molar-refractivity contribution in [1.29, 1.82) is 0 Å². The molecule has 3 N–H and O–H groups in total. The van der Waals surface area contributed by atoms with Crippen LogP contribution in [0.15, 0.2) is 49.3 Å². The molecule has 0 saturated carbocycles. The summed E-state index contributed by atoms with van der Waals surface area (Å²) in [6.07, 6.45) is 0. The maximum atomic E-state index is 12.2. The Labute approximate surface area is 128 Å². The molecule has 1 aromatic carbocycles. The van der Waals surface area contributed by atoms with Crippen LogP contribution in [0.4, 0.5) is 5.69 Å². The Balaban J connectivity index is 2.49. The highest BCUT2D eigenvalue weighted by Crippen LogP contribution is 2.30. The van der Waals surface area contributed by atoms with Crippen molar-refractivity contribution in [1.82, 2.24) is 0 Å². The number of primary sulfonamides is 1. The lowest BCUT2D eigenvalue weighted by atomic mass is 10.3. The molecule has 0 spiro atoms. The minimum absolute atomic E-state index is 0.0572. The zero-order chi connectivity index (χ0) is 15.0. The fourth-order valence-electron chi connectivity index (χ4n) is 1.46. The van der Waals surface area contributed by atoms with Gasteiger partial charge in [0.2, 0.25) is 10.0 Å². The smallest absolute Gasteiger partial charge is 0.272 e. The summed E-state index contributed by atoms with van der Waals surface area (Å²) in [6.45, 7) is 0. The van der Waals surface area contributed by atoms with Crippen LogP contribution < -0.4 is 9.86 Å². The van der Waals surface area contributed by atoms with Gasteiger partial charge < -0.3 is 0 Å². The predicted molar refractivity (Wildman–Crippen MR) is 80.6 cm³/mol. The lowest BCUT2D eigenvalue weighted by Gasteiger charge is -2.10. The monoisotopic (exact) mass is 396 g/mol. The number of nitrogens with one attached hydrogen (secondary N) is 1. The lowest BCUT2D eigenvalue weighted by Crippen LogP contribution is -2.18. The summed E-state index contributed by atoms with van der Waals surface area (Å²) < 4.78 is 49.9. The van der Waals surface area contributed by atoms with Gasteiger partial charge in [-0.2, -0.15) is 0 Å². The summed E-state index contributed by atoms with van der Waals surface area (Å²) in [5.74, 6) is 0. The molecule has 0 aliphatic carbocycles. The van der Waals surface area contributed by atoms with Crippen molar-refractivity contribution >= 4 is 53.0 Å². The van der Waals surface area contributed by atoms with E-state index in [1.54, 1.807) is 11.4 Å². The van der Waals surface area contributed by atoms with Gasteiger partial charge in [0.25, 0.3) is 10.0 Å². The lowest BCUT2D eigenvalue weighted by molar-refractivity contribution is 0.598. The number of para-hydroxylation sites is 1. The van der Waals surface area contributed by atoms with Crippen molar-refractivity contribution in [3.8, 4) is 0 Å². The Bertz CT molecular complexity index is 843. The minimum atomic E-state index is -4.02. The number of benzene rings is 1. The van der Waals surface area contributed by atoms with Crippen LogP contribution in [0, 0.1) is 0 Å². The highest BCUT2D eigenvalue weighted by atomic mass is 79.9. The first-order valence-corrected chi connectivity index (χ1v) is 9.80. The summed E-state index contributed by atoms with van der Waals surface area (Å²) in [4.78, 5) is -0.281. The third-order valence-electron chi connectivity index (χ3n) is 2.27. The van der Waals surface area contributed by atoms with Gasteiger partial charge in [-0.05, 0) is 39.5 Å². The van der Waals surface area contributed by atoms with Crippen LogP contribution in [0.25, 0.3) is 0 Å². The van der Waals surface area contributed by atoms with E-state index in [-0.39, 0.29) is 14.8 Å². The molecule has 0 aliphatic rings. The number of sulfonamides is 2. The molecule has 0 atom stereocenters. The molecule has 0 bridgehead atoms. The van der Waals surface area contributed by atoms with Gasteiger partial charge in [0.1, 0.15) is 4.90 Å². The van der Waals surface area contributed by atoms with Gasteiger partial charge in [0, 0.05) is 4.47 Å². The molecular formula is C10H9BrN2O4S3. The maximum absolute atomic E-state index is 12.2. The molecule has 0 radical (unpaired) electrons. The van der Waals surface area contributed by atoms with E-state index < -0.39 is 20.0 Å². The zero-order valence-corrected chi connectivity index (χ0v) is 13.8. The molecule has 2 rings (SSSR count). The van der Waals surface area contributed by atoms with Gasteiger partial charge in [0.15, 0.2) is 4.21 Å². The van der Waals surface area contributed by atoms with Crippen molar-refractivity contribution in [3.05, 3.63) is 40.2 Å². The minimum Gasteiger partial charge on any atom is -0.278 e. The number of hydrogen-bond acceptors (Lipinski definition) is 5. The van der Waals surface area contributed by atoms with Gasteiger partial charge in [-0.3, -0.25) is 4.72 Å². The topological polar surface area (TPSA) is 106 Å². The molecule has 0 aliphatic heterocycles. The third-order valence-corrected chi connectivity index (χ3v) is 7.27. The van der Waals surface area contributed by atoms with E-state index in [9.17, 15) is 16.8 Å². The van der Waals surface area contributed by atoms with Crippen LogP contribution in [-0.2, 0) is 20.0 Å². The highest BCUT2D eigenvalue weighted by Gasteiger charge is 2.22. The fraction of sp³-hybridized carbons (Fsp3) is 0. The van der Waals surface area contributed by atoms with Gasteiger partial charge in [0.05, 0.1) is 5.69 Å². The second-order valence-corrected chi connectivity index (χ2v) is 8.88. The fourth-order valence-corrected chi connectivity index (χ4v) is 5.64. The Hall–Kier alpha value is -0.940. The van der Waals surface area contributed by atoms with E-state index in [1.165, 1.54) is 24.3 Å². The van der Waals surface area contributed by atoms with Gasteiger partial charge in [-0.15, -0.1) is 11.3 Å². The normalized spacial score (nSPS) is 12.3. The Morgan fingerprint density at radius 2 is 1.75 bits per heavy atom. The van der Waals surface area contributed by atoms with Crippen molar-refractivity contribution in [3.63, 3.8) is 0 Å². The molecule has 0 unspecified atom stereocenters. The summed E-state index contributed by atoms with van der Waals surface area (Å²) in [6, 6.07) is 7.12.